The van der Waals surface area contributed by atoms with Crippen molar-refractivity contribution in [1.29, 1.82) is 0 Å². The topological polar surface area (TPSA) is 142 Å². The maximum absolute atomic E-state index is 6.13. The highest BCUT2D eigenvalue weighted by Gasteiger charge is 2.44. The highest BCUT2D eigenvalue weighted by atomic mass is 32.1. The largest absolute Gasteiger partial charge is 0.436 e. The summed E-state index contributed by atoms with van der Waals surface area (Å²) in [5, 5.41) is 8.86. The van der Waals surface area contributed by atoms with Crippen LogP contribution in [-0.4, -0.2) is 49.8 Å². The minimum Gasteiger partial charge on any atom is -0.436 e. The summed E-state index contributed by atoms with van der Waals surface area (Å²) in [6.07, 6.45) is 3.66. The molecule has 150 heavy (non-hydrogen) atoms. The zero-order valence-electron chi connectivity index (χ0n) is 82.6. The number of oxazole rings is 1. The minimum atomic E-state index is -0.282. The van der Waals surface area contributed by atoms with Crippen molar-refractivity contribution in [3.8, 4) is 180 Å². The van der Waals surface area contributed by atoms with Gasteiger partial charge < -0.3 is 4.42 Å². The van der Waals surface area contributed by atoms with Crippen molar-refractivity contribution in [2.24, 2.45) is 0 Å². The number of para-hydroxylation sites is 3. The summed E-state index contributed by atoms with van der Waals surface area (Å²) in [5.41, 5.74) is 37.7. The number of fused-ring (bicyclic) bond motifs is 20. The standard InChI is InChI=1S/C47H32N4S.C44H29N3OS.C44H29N3S2/c1-47(2)38-16-5-3-13-37(38)44-42(47)43(30-22-20-29(21-23-30)34-14-11-15-36-35-12-4-6-19-41(35)52-45(34)36)50-46(51-44)33-27-31(39-17-7-9-24-48-39)26-32(28-33)40-18-8-10-25-49-40;1-44(2)34-17-5-3-14-33(34)40-38(44)39(46-42(47-40)28-11-9-12-29(25-28)43-45-35-18-6-7-19-36(35)48-43)27-23-21-26(22-24-27)30-15-10-16-32-31-13-4-8-20-37(31)49-41(30)32;1-44(2)34-17-5-3-14-33(34)40-38(44)39(46-42(47-40)28-11-9-12-29(25-28)43-45-35-18-6-8-20-37(35)49-43)27-23-21-26(22-24-27)30-15-10-16-32-31-13-4-7-19-36(31)48-41(30)32/h3-28H,1-2H3;2*3-25H,1-2H3. The molecule has 0 bridgehead atoms. The van der Waals surface area contributed by atoms with Crippen LogP contribution in [0.4, 0.5) is 0 Å². The quantitative estimate of drug-likeness (QED) is 0.109. The first-order valence-electron chi connectivity index (χ1n) is 50.6. The minimum absolute atomic E-state index is 0.246. The lowest BCUT2D eigenvalue weighted by Crippen LogP contribution is -2.17. The number of aromatic nitrogens is 10. The zero-order valence-corrected chi connectivity index (χ0v) is 85.8. The Morgan fingerprint density at radius 2 is 0.520 bits per heavy atom. The van der Waals surface area contributed by atoms with Crippen LogP contribution < -0.4 is 0 Å². The fourth-order valence-electron chi connectivity index (χ4n) is 22.9. The van der Waals surface area contributed by atoms with E-state index < -0.39 is 0 Å². The van der Waals surface area contributed by atoms with E-state index in [9.17, 15) is 0 Å². The lowest BCUT2D eigenvalue weighted by atomic mass is 9.80. The van der Waals surface area contributed by atoms with Gasteiger partial charge in [-0.05, 0) is 153 Å². The highest BCUT2D eigenvalue weighted by molar-refractivity contribution is 7.27. The van der Waals surface area contributed by atoms with E-state index in [4.69, 9.17) is 54.3 Å². The molecule has 0 amide bonds. The molecule has 0 spiro atoms. The maximum Gasteiger partial charge on any atom is 0.227 e. The van der Waals surface area contributed by atoms with Crippen molar-refractivity contribution in [3.63, 3.8) is 0 Å². The molecule has 17 aromatic carbocycles. The molecule has 710 valence electrons. The fourth-order valence-corrected chi connectivity index (χ4v) is 27.6. The van der Waals surface area contributed by atoms with Crippen molar-refractivity contribution in [2.45, 2.75) is 57.8 Å². The first-order chi connectivity index (χ1) is 73.6. The van der Waals surface area contributed by atoms with Crippen LogP contribution in [0, 0.1) is 0 Å². The highest BCUT2D eigenvalue weighted by Crippen LogP contribution is 2.57. The number of rotatable bonds is 13. The molecule has 0 fully saturated rings. The smallest absolute Gasteiger partial charge is 0.227 e. The van der Waals surface area contributed by atoms with E-state index in [1.54, 1.807) is 11.3 Å². The molecular formula is C135H90N10OS4. The number of hydrogen-bond donors (Lipinski definition) is 0. The van der Waals surface area contributed by atoms with Crippen LogP contribution in [-0.2, 0) is 16.2 Å². The first kappa shape index (κ1) is 89.9. The van der Waals surface area contributed by atoms with E-state index in [0.717, 1.165) is 151 Å². The molecule has 0 aliphatic heterocycles. The van der Waals surface area contributed by atoms with Crippen LogP contribution in [0.3, 0.4) is 0 Å². The van der Waals surface area contributed by atoms with Gasteiger partial charge in [-0.1, -0.05) is 363 Å². The lowest BCUT2D eigenvalue weighted by molar-refractivity contribution is 0.620. The third kappa shape index (κ3) is 15.2. The molecule has 0 saturated heterocycles. The molecule has 0 atom stereocenters. The van der Waals surface area contributed by atoms with Gasteiger partial charge in [0.1, 0.15) is 10.5 Å². The summed E-state index contributed by atoms with van der Waals surface area (Å²) in [5.74, 6) is 2.66. The number of thiophene rings is 3. The number of benzene rings is 17. The van der Waals surface area contributed by atoms with Crippen LogP contribution in [0.15, 0.2) is 441 Å². The molecule has 10 heterocycles. The average molecular weight is 2000 g/mol. The van der Waals surface area contributed by atoms with Gasteiger partial charge >= 0.3 is 0 Å². The second-order valence-corrected chi connectivity index (χ2v) is 44.5. The Kier molecular flexibility index (Phi) is 21.5. The predicted octanol–water partition coefficient (Wildman–Crippen LogP) is 36.7. The monoisotopic (exact) mass is 1990 g/mol. The Morgan fingerprint density at radius 3 is 0.933 bits per heavy atom. The van der Waals surface area contributed by atoms with Crippen LogP contribution >= 0.6 is 45.3 Å². The summed E-state index contributed by atoms with van der Waals surface area (Å²) >= 11 is 7.31. The van der Waals surface area contributed by atoms with Crippen LogP contribution in [0.5, 0.6) is 0 Å². The van der Waals surface area contributed by atoms with Crippen molar-refractivity contribution < 1.29 is 4.42 Å². The Balaban J connectivity index is 0.000000108. The third-order valence-corrected chi connectivity index (χ3v) is 35.0. The number of thiazole rings is 1. The number of pyridine rings is 2. The molecule has 0 N–H and O–H groups in total. The number of hydrogen-bond acceptors (Lipinski definition) is 15. The summed E-state index contributed by atoms with van der Waals surface area (Å²) in [6.45, 7) is 13.8. The second-order valence-electron chi connectivity index (χ2n) is 40.3. The molecule has 3 aliphatic rings. The summed E-state index contributed by atoms with van der Waals surface area (Å²) in [6, 6.07) is 150. The van der Waals surface area contributed by atoms with E-state index in [0.29, 0.717) is 17.5 Å². The Morgan fingerprint density at radius 1 is 0.207 bits per heavy atom. The van der Waals surface area contributed by atoms with Gasteiger partial charge in [0.05, 0.1) is 55.8 Å². The van der Waals surface area contributed by atoms with Crippen molar-refractivity contribution in [1.82, 2.24) is 49.8 Å². The summed E-state index contributed by atoms with van der Waals surface area (Å²) in [7, 11) is 0. The molecule has 0 radical (unpaired) electrons. The fraction of sp³-hybridized carbons (Fsp3) is 0.0667. The second kappa shape index (κ2) is 35.9. The van der Waals surface area contributed by atoms with E-state index in [2.05, 4.69) is 387 Å². The molecule has 30 rings (SSSR count). The first-order valence-corrected chi connectivity index (χ1v) is 53.9. The molecule has 10 aromatic heterocycles. The Hall–Kier alpha value is -17.7. The van der Waals surface area contributed by atoms with E-state index in [1.807, 2.05) is 125 Å². The lowest BCUT2D eigenvalue weighted by Gasteiger charge is -2.24. The molecule has 0 saturated carbocycles. The van der Waals surface area contributed by atoms with Gasteiger partial charge in [-0.25, -0.2) is 39.9 Å². The molecular weight excluding hydrogens is 1910 g/mol. The van der Waals surface area contributed by atoms with Gasteiger partial charge in [0.25, 0.3) is 0 Å². The van der Waals surface area contributed by atoms with Gasteiger partial charge in [0, 0.05) is 178 Å². The van der Waals surface area contributed by atoms with Crippen LogP contribution in [0.2, 0.25) is 0 Å². The van der Waals surface area contributed by atoms with Crippen molar-refractivity contribution in [3.05, 3.63) is 470 Å². The molecule has 3 aliphatic carbocycles. The van der Waals surface area contributed by atoms with Gasteiger partial charge in [0.15, 0.2) is 23.1 Å². The third-order valence-electron chi connectivity index (χ3n) is 30.2. The molecule has 27 aromatic rings. The van der Waals surface area contributed by atoms with E-state index in [-0.39, 0.29) is 16.2 Å². The number of nitrogens with zero attached hydrogens (tertiary/aromatic N) is 10. The average Bonchev–Trinajstić information content (AvgIpc) is 1.56. The van der Waals surface area contributed by atoms with Crippen molar-refractivity contribution >= 4 is 127 Å². The van der Waals surface area contributed by atoms with Gasteiger partial charge in [-0.3, -0.25) is 9.97 Å². The predicted molar refractivity (Wildman–Crippen MR) is 624 cm³/mol. The van der Waals surface area contributed by atoms with Crippen molar-refractivity contribution in [2.75, 3.05) is 0 Å². The van der Waals surface area contributed by atoms with Gasteiger partial charge in [0.2, 0.25) is 5.89 Å². The molecule has 15 heteroatoms. The van der Waals surface area contributed by atoms with Crippen LogP contribution in [0.25, 0.3) is 261 Å². The van der Waals surface area contributed by atoms with E-state index >= 15 is 0 Å². The van der Waals surface area contributed by atoms with Gasteiger partial charge in [-0.15, -0.1) is 45.3 Å². The summed E-state index contributed by atoms with van der Waals surface area (Å²) in [4.78, 5) is 51.3. The van der Waals surface area contributed by atoms with Crippen LogP contribution in [0.1, 0.15) is 74.9 Å². The Labute approximate surface area is 882 Å². The Bertz CT molecular complexity index is 9630. The SMILES string of the molecule is CC1(C)c2ccccc2-c2nc(-c3cc(-c4ccccn4)cc(-c4ccccn4)c3)nc(-c3ccc(-c4cccc5c4sc4ccccc45)cc3)c21.CC1(C)c2ccccc2-c2nc(-c3cccc(-c4nc5ccccc5o4)c3)nc(-c3ccc(-c4cccc5c4sc4ccccc45)cc3)c21.CC1(C)c2ccccc2-c2nc(-c3cccc(-c4nc5ccccc5s4)c3)nc(-c3ccc(-c4cccc5c4sc4ccccc45)cc3)c21. The van der Waals surface area contributed by atoms with E-state index in [1.165, 1.54) is 126 Å². The summed E-state index contributed by atoms with van der Waals surface area (Å²) < 4.78 is 15.2. The molecule has 0 unspecified atom stereocenters. The zero-order chi connectivity index (χ0) is 100. The van der Waals surface area contributed by atoms with Gasteiger partial charge in [-0.2, -0.15) is 0 Å². The molecule has 11 nitrogen and oxygen atoms in total. The maximum atomic E-state index is 6.13. The normalized spacial score (nSPS) is 13.2.